The Hall–Kier alpha value is -7.32. The van der Waals surface area contributed by atoms with Gasteiger partial charge >= 0.3 is 12.3 Å². The molecule has 0 spiro atoms. The summed E-state index contributed by atoms with van der Waals surface area (Å²) in [7, 11) is 1.59. The first kappa shape index (κ1) is 39.9. The van der Waals surface area contributed by atoms with Gasteiger partial charge in [0.05, 0.1) is 27.0 Å². The molecule has 0 saturated carbocycles. The lowest BCUT2D eigenvalue weighted by molar-refractivity contribution is -0.124. The van der Waals surface area contributed by atoms with E-state index in [1.807, 2.05) is 133 Å². The number of fused-ring (bicyclic) bond motifs is 1. The van der Waals surface area contributed by atoms with Crippen molar-refractivity contribution in [1.82, 2.24) is 9.55 Å². The summed E-state index contributed by atoms with van der Waals surface area (Å²) in [6.45, 7) is -0.123. The van der Waals surface area contributed by atoms with Gasteiger partial charge in [-0.05, 0) is 39.9 Å². The minimum absolute atomic E-state index is 0.0381. The standard InChI is InChI=1S/C45H43N5O9/c1-54-37-25-23-36(24-26-37)45(34-19-10-4-11-20-34,35-21-12-5-13-22-35)50-40(51)38-39(48-41(50)46)49(31-47-38)42(59-44(53)58-30-33-17-8-3-9-18-33)55-27-14-28-56-43(52)57-29-32-15-6-2-7-16-32/h2-13,15-26,42,47H,14,27-31H2,1H3,(H2,46,48). The van der Waals surface area contributed by atoms with Crippen LogP contribution in [0, 0.1) is 0 Å². The summed E-state index contributed by atoms with van der Waals surface area (Å²) in [4.78, 5) is 46.6. The van der Waals surface area contributed by atoms with E-state index in [0.29, 0.717) is 5.75 Å². The van der Waals surface area contributed by atoms with Gasteiger partial charge in [0, 0.05) is 6.42 Å². The van der Waals surface area contributed by atoms with Crippen LogP contribution in [0.25, 0.3) is 0 Å². The molecule has 0 fully saturated rings. The number of nitrogens with two attached hydrogens (primary N) is 1. The van der Waals surface area contributed by atoms with Crippen molar-refractivity contribution in [1.29, 1.82) is 0 Å². The molecule has 7 rings (SSSR count). The quantitative estimate of drug-likeness (QED) is 0.0435. The molecule has 5 aromatic carbocycles. The Morgan fingerprint density at radius 3 is 1.80 bits per heavy atom. The van der Waals surface area contributed by atoms with E-state index in [4.69, 9.17) is 39.1 Å². The number of carbonyl (C=O) groups is 2. The highest BCUT2D eigenvalue weighted by Gasteiger charge is 2.44. The SMILES string of the molecule is COc1ccc(C(c2ccccc2)(c2ccccc2)n2c(N)nc3c(c2=O)NCN3C(OCCCOC(=O)OCc2ccccc2)OC(=O)OCc2ccccc2)cc1. The summed E-state index contributed by atoms with van der Waals surface area (Å²) in [6, 6.07) is 44.9. The van der Waals surface area contributed by atoms with Crippen LogP contribution >= 0.6 is 0 Å². The van der Waals surface area contributed by atoms with Crippen LogP contribution in [0.3, 0.4) is 0 Å². The van der Waals surface area contributed by atoms with Crippen molar-refractivity contribution >= 4 is 29.8 Å². The summed E-state index contributed by atoms with van der Waals surface area (Å²) in [5.74, 6) is 0.602. The third kappa shape index (κ3) is 8.97. The molecule has 0 saturated heterocycles. The van der Waals surface area contributed by atoms with E-state index in [9.17, 15) is 9.59 Å². The number of anilines is 3. The molecule has 6 aromatic rings. The molecule has 1 aliphatic heterocycles. The van der Waals surface area contributed by atoms with Crippen LogP contribution in [0.1, 0.15) is 34.2 Å². The van der Waals surface area contributed by atoms with Crippen LogP contribution in [0.5, 0.6) is 5.75 Å². The van der Waals surface area contributed by atoms with Crippen molar-refractivity contribution in [2.24, 2.45) is 0 Å². The first-order valence-corrected chi connectivity index (χ1v) is 18.9. The first-order valence-electron chi connectivity index (χ1n) is 18.9. The largest absolute Gasteiger partial charge is 0.512 e. The van der Waals surface area contributed by atoms with Crippen molar-refractivity contribution < 1.29 is 38.0 Å². The van der Waals surface area contributed by atoms with Gasteiger partial charge in [-0.15, -0.1) is 0 Å². The fourth-order valence-electron chi connectivity index (χ4n) is 6.88. The molecule has 3 N–H and O–H groups in total. The van der Waals surface area contributed by atoms with Crippen molar-refractivity contribution in [3.8, 4) is 5.75 Å². The monoisotopic (exact) mass is 797 g/mol. The Labute approximate surface area is 340 Å². The van der Waals surface area contributed by atoms with Crippen LogP contribution in [0.15, 0.2) is 150 Å². The number of nitrogen functional groups attached to an aromatic ring is 1. The Balaban J connectivity index is 1.18. The van der Waals surface area contributed by atoms with E-state index in [-0.39, 0.29) is 57.0 Å². The van der Waals surface area contributed by atoms with Gasteiger partial charge in [0.25, 0.3) is 12.0 Å². The molecule has 14 nitrogen and oxygen atoms in total. The summed E-state index contributed by atoms with van der Waals surface area (Å²) >= 11 is 0. The average Bonchev–Trinajstić information content (AvgIpc) is 3.71. The second kappa shape index (κ2) is 18.7. The van der Waals surface area contributed by atoms with Gasteiger partial charge < -0.3 is 39.5 Å². The van der Waals surface area contributed by atoms with Crippen LogP contribution in [0.4, 0.5) is 27.0 Å². The van der Waals surface area contributed by atoms with Crippen molar-refractivity contribution in [2.45, 2.75) is 31.6 Å². The molecule has 14 heteroatoms. The molecule has 302 valence electrons. The van der Waals surface area contributed by atoms with Gasteiger partial charge in [0.1, 0.15) is 30.2 Å². The number of nitrogens with one attached hydrogen (secondary N) is 1. The number of aromatic nitrogens is 2. The molecular weight excluding hydrogens is 755 g/mol. The molecule has 1 unspecified atom stereocenters. The lowest BCUT2D eigenvalue weighted by atomic mass is 9.76. The van der Waals surface area contributed by atoms with E-state index >= 15 is 4.79 Å². The highest BCUT2D eigenvalue weighted by atomic mass is 16.8. The number of nitrogens with zero attached hydrogens (tertiary/aromatic N) is 3. The van der Waals surface area contributed by atoms with Gasteiger partial charge in [-0.3, -0.25) is 14.3 Å². The third-order valence-electron chi connectivity index (χ3n) is 9.63. The zero-order valence-corrected chi connectivity index (χ0v) is 32.3. The number of hydrogen-bond donors (Lipinski definition) is 2. The molecule has 2 heterocycles. The number of rotatable bonds is 16. The number of hydrogen-bond acceptors (Lipinski definition) is 13. The maximum atomic E-state index is 15.0. The minimum atomic E-state index is -1.44. The van der Waals surface area contributed by atoms with Crippen LogP contribution < -0.4 is 26.2 Å². The van der Waals surface area contributed by atoms with Gasteiger partial charge in [0.2, 0.25) is 5.95 Å². The van der Waals surface area contributed by atoms with E-state index in [2.05, 4.69) is 5.32 Å². The molecule has 0 radical (unpaired) electrons. The fourth-order valence-corrected chi connectivity index (χ4v) is 6.88. The fraction of sp³-hybridized carbons (Fsp3) is 0.200. The second-order valence-corrected chi connectivity index (χ2v) is 13.3. The van der Waals surface area contributed by atoms with Crippen LogP contribution in [-0.2, 0) is 42.4 Å². The highest BCUT2D eigenvalue weighted by Crippen LogP contribution is 2.43. The molecule has 1 aromatic heterocycles. The van der Waals surface area contributed by atoms with Crippen molar-refractivity contribution in [3.63, 3.8) is 0 Å². The van der Waals surface area contributed by atoms with Gasteiger partial charge in [0.15, 0.2) is 5.82 Å². The van der Waals surface area contributed by atoms with Gasteiger partial charge in [-0.25, -0.2) is 9.59 Å². The summed E-state index contributed by atoms with van der Waals surface area (Å²) in [6.07, 6.45) is -3.09. The van der Waals surface area contributed by atoms with E-state index in [0.717, 1.165) is 27.8 Å². The van der Waals surface area contributed by atoms with E-state index in [1.54, 1.807) is 19.2 Å². The molecule has 0 amide bonds. The average molecular weight is 798 g/mol. The number of ether oxygens (including phenoxy) is 6. The zero-order valence-electron chi connectivity index (χ0n) is 32.3. The summed E-state index contributed by atoms with van der Waals surface area (Å²) in [5, 5.41) is 3.14. The van der Waals surface area contributed by atoms with E-state index in [1.165, 1.54) is 9.47 Å². The molecular formula is C45H43N5O9. The van der Waals surface area contributed by atoms with Crippen LogP contribution in [-0.4, -0.2) is 55.3 Å². The maximum absolute atomic E-state index is 15.0. The van der Waals surface area contributed by atoms with E-state index < -0.39 is 29.8 Å². The zero-order chi connectivity index (χ0) is 41.0. The normalized spacial score (nSPS) is 12.5. The second-order valence-electron chi connectivity index (χ2n) is 13.3. The highest BCUT2D eigenvalue weighted by molar-refractivity contribution is 5.73. The minimum Gasteiger partial charge on any atom is -0.497 e. The lowest BCUT2D eigenvalue weighted by Crippen LogP contribution is -2.46. The Morgan fingerprint density at radius 1 is 0.712 bits per heavy atom. The third-order valence-corrected chi connectivity index (χ3v) is 9.63. The molecule has 1 atom stereocenters. The summed E-state index contributed by atoms with van der Waals surface area (Å²) in [5.41, 5.74) is 8.98. The van der Waals surface area contributed by atoms with Gasteiger partial charge in [-0.2, -0.15) is 4.98 Å². The smallest absolute Gasteiger partial charge is 0.497 e. The Bertz CT molecular complexity index is 2330. The predicted octanol–water partition coefficient (Wildman–Crippen LogP) is 7.26. The summed E-state index contributed by atoms with van der Waals surface area (Å²) < 4.78 is 34.5. The number of carbonyl (C=O) groups excluding carboxylic acids is 2. The number of methoxy groups -OCH3 is 1. The number of benzene rings is 5. The van der Waals surface area contributed by atoms with Crippen molar-refractivity contribution in [3.05, 3.63) is 184 Å². The van der Waals surface area contributed by atoms with Crippen LogP contribution in [0.2, 0.25) is 0 Å². The molecule has 1 aliphatic rings. The maximum Gasteiger partial charge on any atom is 0.512 e. The molecule has 0 aliphatic carbocycles. The molecule has 59 heavy (non-hydrogen) atoms. The first-order chi connectivity index (χ1) is 28.9. The lowest BCUT2D eigenvalue weighted by Gasteiger charge is -2.38. The molecule has 0 bridgehead atoms. The topological polar surface area (TPSA) is 166 Å². The van der Waals surface area contributed by atoms with Crippen molar-refractivity contribution in [2.75, 3.05) is 42.9 Å². The predicted molar refractivity (Wildman–Crippen MR) is 220 cm³/mol. The Kier molecular flexibility index (Phi) is 12.7. The Morgan fingerprint density at radius 2 is 1.24 bits per heavy atom. The van der Waals surface area contributed by atoms with Gasteiger partial charge in [-0.1, -0.05) is 133 Å².